The molecule has 3 nitrogen and oxygen atoms in total. The molecule has 2 atom stereocenters. The van der Waals surface area contributed by atoms with Crippen molar-refractivity contribution in [3.63, 3.8) is 0 Å². The van der Waals surface area contributed by atoms with Gasteiger partial charge in [0.25, 0.3) is 0 Å². The van der Waals surface area contributed by atoms with Crippen LogP contribution in [0.2, 0.25) is 0 Å². The molecule has 0 aliphatic rings. The summed E-state index contributed by atoms with van der Waals surface area (Å²) in [6.07, 6.45) is 0.851. The van der Waals surface area contributed by atoms with Crippen LogP contribution in [0.25, 0.3) is 10.9 Å². The second kappa shape index (κ2) is 5.90. The first kappa shape index (κ1) is 14.9. The number of nitrogens with zero attached hydrogens (tertiary/aromatic N) is 1. The van der Waals surface area contributed by atoms with E-state index in [1.165, 1.54) is 0 Å². The number of hydrogen-bond donors (Lipinski definition) is 1. The third kappa shape index (κ3) is 3.00. The number of ether oxygens (including phenoxy) is 1. The molecule has 2 rings (SSSR count). The van der Waals surface area contributed by atoms with E-state index in [4.69, 9.17) is 4.74 Å². The fourth-order valence-electron chi connectivity index (χ4n) is 2.54. The van der Waals surface area contributed by atoms with E-state index in [1.807, 2.05) is 37.3 Å². The van der Waals surface area contributed by atoms with E-state index in [2.05, 4.69) is 25.8 Å². The molecule has 1 aromatic carbocycles. The SMILES string of the molecule is CCOC(C(O)c1cccc2ncccc12)C(C)(C)C. The molecule has 3 heteroatoms. The van der Waals surface area contributed by atoms with E-state index in [0.717, 1.165) is 16.5 Å². The quantitative estimate of drug-likeness (QED) is 0.923. The smallest absolute Gasteiger partial charge is 0.106 e. The van der Waals surface area contributed by atoms with Gasteiger partial charge in [-0.3, -0.25) is 4.98 Å². The minimum absolute atomic E-state index is 0.139. The predicted molar refractivity (Wildman–Crippen MR) is 81.6 cm³/mol. The molecule has 0 spiro atoms. The number of aliphatic hydroxyl groups excluding tert-OH is 1. The van der Waals surface area contributed by atoms with Gasteiger partial charge in [0, 0.05) is 18.2 Å². The van der Waals surface area contributed by atoms with E-state index in [0.29, 0.717) is 6.61 Å². The van der Waals surface area contributed by atoms with Crippen molar-refractivity contribution in [1.82, 2.24) is 4.98 Å². The molecular weight excluding hydrogens is 250 g/mol. The predicted octanol–water partition coefficient (Wildman–Crippen LogP) is 3.72. The molecule has 0 saturated carbocycles. The molecule has 0 aliphatic carbocycles. The van der Waals surface area contributed by atoms with E-state index in [-0.39, 0.29) is 11.5 Å². The Morgan fingerprint density at radius 3 is 2.60 bits per heavy atom. The number of aromatic nitrogens is 1. The third-order valence-corrected chi connectivity index (χ3v) is 3.48. The summed E-state index contributed by atoms with van der Waals surface area (Å²) in [5.41, 5.74) is 1.64. The molecule has 0 fully saturated rings. The molecule has 0 amide bonds. The summed E-state index contributed by atoms with van der Waals surface area (Å²) in [6.45, 7) is 8.79. The topological polar surface area (TPSA) is 42.4 Å². The number of benzene rings is 1. The van der Waals surface area contributed by atoms with Crippen molar-refractivity contribution >= 4 is 10.9 Å². The van der Waals surface area contributed by atoms with Gasteiger partial charge >= 0.3 is 0 Å². The van der Waals surface area contributed by atoms with Crippen molar-refractivity contribution < 1.29 is 9.84 Å². The van der Waals surface area contributed by atoms with Crippen molar-refractivity contribution in [3.05, 3.63) is 42.1 Å². The van der Waals surface area contributed by atoms with Crippen molar-refractivity contribution in [1.29, 1.82) is 0 Å². The summed E-state index contributed by atoms with van der Waals surface area (Å²) >= 11 is 0. The van der Waals surface area contributed by atoms with E-state index in [1.54, 1.807) is 6.20 Å². The fourth-order valence-corrected chi connectivity index (χ4v) is 2.54. The average Bonchev–Trinajstić information content (AvgIpc) is 2.42. The van der Waals surface area contributed by atoms with Crippen molar-refractivity contribution in [3.8, 4) is 0 Å². The molecule has 0 bridgehead atoms. The average molecular weight is 273 g/mol. The summed E-state index contributed by atoms with van der Waals surface area (Å²) in [4.78, 5) is 4.34. The zero-order valence-electron chi connectivity index (χ0n) is 12.6. The van der Waals surface area contributed by atoms with E-state index >= 15 is 0 Å². The number of pyridine rings is 1. The summed E-state index contributed by atoms with van der Waals surface area (Å²) in [7, 11) is 0. The molecule has 2 aromatic rings. The normalized spacial score (nSPS) is 15.2. The van der Waals surface area contributed by atoms with Gasteiger partial charge in [0.1, 0.15) is 6.10 Å². The first-order valence-corrected chi connectivity index (χ1v) is 7.08. The van der Waals surface area contributed by atoms with Crippen LogP contribution >= 0.6 is 0 Å². The van der Waals surface area contributed by atoms with Crippen molar-refractivity contribution in [2.45, 2.75) is 39.9 Å². The Morgan fingerprint density at radius 2 is 1.95 bits per heavy atom. The standard InChI is InChI=1S/C17H23NO2/c1-5-20-16(17(2,3)4)15(19)13-8-6-10-14-12(13)9-7-11-18-14/h6-11,15-16,19H,5H2,1-4H3. The van der Waals surface area contributed by atoms with Crippen LogP contribution in [0, 0.1) is 5.41 Å². The zero-order chi connectivity index (χ0) is 14.8. The van der Waals surface area contributed by atoms with Gasteiger partial charge in [-0.15, -0.1) is 0 Å². The Labute approximate surface area is 120 Å². The van der Waals surface area contributed by atoms with Gasteiger partial charge in [-0.1, -0.05) is 39.0 Å². The lowest BCUT2D eigenvalue weighted by atomic mass is 9.82. The molecule has 0 saturated heterocycles. The monoisotopic (exact) mass is 273 g/mol. The van der Waals surface area contributed by atoms with Crippen LogP contribution < -0.4 is 0 Å². The van der Waals surface area contributed by atoms with Crippen LogP contribution in [0.1, 0.15) is 39.4 Å². The van der Waals surface area contributed by atoms with Crippen molar-refractivity contribution in [2.24, 2.45) is 5.41 Å². The van der Waals surface area contributed by atoms with Crippen molar-refractivity contribution in [2.75, 3.05) is 6.61 Å². The molecule has 108 valence electrons. The third-order valence-electron chi connectivity index (χ3n) is 3.48. The second-order valence-electron chi connectivity index (χ2n) is 6.10. The van der Waals surface area contributed by atoms with Crippen LogP contribution in [0.15, 0.2) is 36.5 Å². The first-order valence-electron chi connectivity index (χ1n) is 7.08. The van der Waals surface area contributed by atoms with E-state index < -0.39 is 6.10 Å². The summed E-state index contributed by atoms with van der Waals surface area (Å²) in [6, 6.07) is 9.72. The van der Waals surface area contributed by atoms with Gasteiger partial charge in [0.05, 0.1) is 11.6 Å². The minimum atomic E-state index is -0.664. The summed E-state index contributed by atoms with van der Waals surface area (Å²) < 4.78 is 5.80. The summed E-state index contributed by atoms with van der Waals surface area (Å²) in [5.74, 6) is 0. The maximum absolute atomic E-state index is 10.8. The Kier molecular flexibility index (Phi) is 4.41. The molecule has 20 heavy (non-hydrogen) atoms. The van der Waals surface area contributed by atoms with Crippen LogP contribution in [-0.2, 0) is 4.74 Å². The number of aliphatic hydroxyl groups is 1. The van der Waals surface area contributed by atoms with Gasteiger partial charge in [-0.25, -0.2) is 0 Å². The molecule has 0 aliphatic heterocycles. The molecule has 0 radical (unpaired) electrons. The molecule has 2 unspecified atom stereocenters. The lowest BCUT2D eigenvalue weighted by molar-refractivity contribution is -0.0893. The highest BCUT2D eigenvalue weighted by Crippen LogP contribution is 2.35. The Bertz CT molecular complexity index is 569. The maximum atomic E-state index is 10.8. The minimum Gasteiger partial charge on any atom is -0.386 e. The van der Waals surface area contributed by atoms with Crippen LogP contribution in [0.5, 0.6) is 0 Å². The lowest BCUT2D eigenvalue weighted by Gasteiger charge is -2.34. The highest BCUT2D eigenvalue weighted by molar-refractivity contribution is 5.82. The fraction of sp³-hybridized carbons (Fsp3) is 0.471. The zero-order valence-corrected chi connectivity index (χ0v) is 12.6. The Morgan fingerprint density at radius 1 is 1.20 bits per heavy atom. The Hall–Kier alpha value is -1.45. The lowest BCUT2D eigenvalue weighted by Crippen LogP contribution is -2.35. The second-order valence-corrected chi connectivity index (χ2v) is 6.10. The summed E-state index contributed by atoms with van der Waals surface area (Å²) in [5, 5.41) is 11.8. The molecule has 1 heterocycles. The van der Waals surface area contributed by atoms with Gasteiger partial charge in [-0.05, 0) is 30.0 Å². The Balaban J connectivity index is 2.46. The number of hydrogen-bond acceptors (Lipinski definition) is 3. The highest BCUT2D eigenvalue weighted by Gasteiger charge is 2.33. The molecular formula is C17H23NO2. The number of fused-ring (bicyclic) bond motifs is 1. The van der Waals surface area contributed by atoms with Crippen LogP contribution in [-0.4, -0.2) is 22.8 Å². The largest absolute Gasteiger partial charge is 0.386 e. The van der Waals surface area contributed by atoms with Gasteiger partial charge in [0.2, 0.25) is 0 Å². The van der Waals surface area contributed by atoms with Gasteiger partial charge < -0.3 is 9.84 Å². The maximum Gasteiger partial charge on any atom is 0.106 e. The van der Waals surface area contributed by atoms with Crippen LogP contribution in [0.3, 0.4) is 0 Å². The number of rotatable bonds is 4. The molecule has 1 N–H and O–H groups in total. The van der Waals surface area contributed by atoms with Gasteiger partial charge in [0.15, 0.2) is 0 Å². The molecule has 1 aromatic heterocycles. The van der Waals surface area contributed by atoms with Crippen LogP contribution in [0.4, 0.5) is 0 Å². The highest BCUT2D eigenvalue weighted by atomic mass is 16.5. The van der Waals surface area contributed by atoms with Gasteiger partial charge in [-0.2, -0.15) is 0 Å². The van der Waals surface area contributed by atoms with E-state index in [9.17, 15) is 5.11 Å². The first-order chi connectivity index (χ1) is 9.45.